The lowest BCUT2D eigenvalue weighted by Gasteiger charge is -2.29. The number of nitrogens with zero attached hydrogens (tertiary/aromatic N) is 3. The van der Waals surface area contributed by atoms with Crippen molar-refractivity contribution in [2.75, 3.05) is 32.1 Å². The van der Waals surface area contributed by atoms with Crippen molar-refractivity contribution in [3.8, 4) is 11.8 Å². The first-order valence-corrected chi connectivity index (χ1v) is 10.8. The van der Waals surface area contributed by atoms with Gasteiger partial charge in [-0.25, -0.2) is 0 Å². The molecule has 1 aliphatic heterocycles. The normalized spacial score (nSPS) is 15.3. The van der Waals surface area contributed by atoms with Crippen LogP contribution in [0, 0.1) is 11.3 Å². The molecule has 6 nitrogen and oxygen atoms in total. The highest BCUT2D eigenvalue weighted by Crippen LogP contribution is 2.31. The van der Waals surface area contributed by atoms with Gasteiger partial charge >= 0.3 is 0 Å². The van der Waals surface area contributed by atoms with Gasteiger partial charge in [-0.15, -0.1) is 0 Å². The molecule has 0 aliphatic carbocycles. The molecular formula is C24H22N4O2S. The van der Waals surface area contributed by atoms with Gasteiger partial charge in [-0.1, -0.05) is 0 Å². The lowest BCUT2D eigenvalue weighted by Crippen LogP contribution is -2.43. The molecule has 1 aromatic heterocycles. The van der Waals surface area contributed by atoms with Gasteiger partial charge < -0.3 is 15.0 Å². The monoisotopic (exact) mass is 430 g/mol. The Morgan fingerprint density at radius 1 is 1.29 bits per heavy atom. The average Bonchev–Trinajstić information content (AvgIpc) is 3.31. The summed E-state index contributed by atoms with van der Waals surface area (Å²) < 4.78 is 5.45. The van der Waals surface area contributed by atoms with Crippen molar-refractivity contribution in [2.45, 2.75) is 6.04 Å². The summed E-state index contributed by atoms with van der Waals surface area (Å²) in [5.41, 5.74) is 5.15. The van der Waals surface area contributed by atoms with E-state index < -0.39 is 0 Å². The zero-order valence-corrected chi connectivity index (χ0v) is 18.1. The van der Waals surface area contributed by atoms with E-state index in [0.717, 1.165) is 28.3 Å². The van der Waals surface area contributed by atoms with Gasteiger partial charge in [-0.3, -0.25) is 9.79 Å². The number of benzodiazepines with no additional fused rings is 1. The number of likely N-dealkylation sites (N-methyl/N-ethyl adjacent to an activating group) is 1. The van der Waals surface area contributed by atoms with Crippen LogP contribution in [0.25, 0.3) is 0 Å². The Balaban J connectivity index is 1.58. The number of fused-ring (bicyclic) bond motifs is 1. The second kappa shape index (κ2) is 9.02. The Morgan fingerprint density at radius 3 is 2.77 bits per heavy atom. The van der Waals surface area contributed by atoms with Gasteiger partial charge in [0.2, 0.25) is 0 Å². The molecule has 31 heavy (non-hydrogen) atoms. The van der Waals surface area contributed by atoms with Crippen molar-refractivity contribution in [1.29, 1.82) is 5.26 Å². The Kier molecular flexibility index (Phi) is 6.01. The number of nitriles is 1. The number of aliphatic imine (C=N–C) groups is 1. The molecule has 1 unspecified atom stereocenters. The molecule has 0 saturated heterocycles. The summed E-state index contributed by atoms with van der Waals surface area (Å²) in [5.74, 6) is 0.604. The highest BCUT2D eigenvalue weighted by Gasteiger charge is 2.25. The lowest BCUT2D eigenvalue weighted by atomic mass is 10.0. The van der Waals surface area contributed by atoms with E-state index in [1.165, 1.54) is 0 Å². The fourth-order valence-corrected chi connectivity index (χ4v) is 4.23. The third-order valence-electron chi connectivity index (χ3n) is 5.42. The van der Waals surface area contributed by atoms with Crippen LogP contribution in [0.1, 0.15) is 27.0 Å². The minimum absolute atomic E-state index is 0.0238. The molecule has 3 aromatic rings. The summed E-state index contributed by atoms with van der Waals surface area (Å²) in [7, 11) is 3.67. The van der Waals surface area contributed by atoms with E-state index in [-0.39, 0.29) is 11.9 Å². The highest BCUT2D eigenvalue weighted by atomic mass is 32.1. The van der Waals surface area contributed by atoms with Crippen molar-refractivity contribution >= 4 is 28.6 Å². The third kappa shape index (κ3) is 4.30. The molecule has 0 spiro atoms. The van der Waals surface area contributed by atoms with Crippen molar-refractivity contribution in [3.05, 3.63) is 81.5 Å². The fraction of sp³-hybridized carbons (Fsp3) is 0.208. The van der Waals surface area contributed by atoms with Crippen molar-refractivity contribution in [3.63, 3.8) is 0 Å². The Labute approximate surface area is 185 Å². The molecule has 1 amide bonds. The van der Waals surface area contributed by atoms with Crippen LogP contribution in [0.5, 0.6) is 5.75 Å². The maximum absolute atomic E-state index is 12.6. The number of rotatable bonds is 5. The fourth-order valence-electron chi connectivity index (χ4n) is 3.59. The third-order valence-corrected chi connectivity index (χ3v) is 6.10. The summed E-state index contributed by atoms with van der Waals surface area (Å²) in [6.07, 6.45) is 0. The van der Waals surface area contributed by atoms with Crippen LogP contribution in [0.2, 0.25) is 0 Å². The molecule has 7 heteroatoms. The number of anilines is 1. The van der Waals surface area contributed by atoms with Crippen molar-refractivity contribution < 1.29 is 9.53 Å². The smallest absolute Gasteiger partial charge is 0.251 e. The van der Waals surface area contributed by atoms with Crippen LogP contribution in [0.3, 0.4) is 0 Å². The van der Waals surface area contributed by atoms with Gasteiger partial charge in [0.15, 0.2) is 0 Å². The van der Waals surface area contributed by atoms with E-state index >= 15 is 0 Å². The van der Waals surface area contributed by atoms with Crippen molar-refractivity contribution in [1.82, 2.24) is 5.32 Å². The second-order valence-corrected chi connectivity index (χ2v) is 8.03. The standard InChI is InChI=1S/C24H22N4O2S/c1-28-19(14-27-24(29)17-5-3-16(12-25)4-6-17)13-26-23(18-9-10-31-15-18)21-8-7-20(30-2)11-22(21)28/h3-11,15,19H,13-14H2,1-2H3,(H,27,29). The number of thiophene rings is 1. The predicted octanol–water partition coefficient (Wildman–Crippen LogP) is 3.71. The average molecular weight is 431 g/mol. The molecule has 2 aromatic carbocycles. The maximum atomic E-state index is 12.6. The van der Waals surface area contributed by atoms with Gasteiger partial charge in [0, 0.05) is 47.4 Å². The lowest BCUT2D eigenvalue weighted by molar-refractivity contribution is 0.0951. The summed E-state index contributed by atoms with van der Waals surface area (Å²) in [5, 5.41) is 16.1. The number of benzene rings is 2. The van der Waals surface area contributed by atoms with E-state index in [4.69, 9.17) is 15.0 Å². The van der Waals surface area contributed by atoms with E-state index in [9.17, 15) is 4.79 Å². The van der Waals surface area contributed by atoms with E-state index in [1.54, 1.807) is 42.7 Å². The molecule has 1 atom stereocenters. The predicted molar refractivity (Wildman–Crippen MR) is 124 cm³/mol. The van der Waals surface area contributed by atoms with Crippen LogP contribution >= 0.6 is 11.3 Å². The number of ether oxygens (including phenoxy) is 1. The van der Waals surface area contributed by atoms with E-state index in [0.29, 0.717) is 24.2 Å². The number of nitrogens with one attached hydrogen (secondary N) is 1. The summed E-state index contributed by atoms with van der Waals surface area (Å²) >= 11 is 1.64. The Morgan fingerprint density at radius 2 is 2.10 bits per heavy atom. The molecule has 2 heterocycles. The summed E-state index contributed by atoms with van der Waals surface area (Å²) in [4.78, 5) is 19.7. The van der Waals surface area contributed by atoms with Crippen LogP contribution < -0.4 is 15.0 Å². The zero-order chi connectivity index (χ0) is 21.8. The van der Waals surface area contributed by atoms with Crippen LogP contribution in [-0.2, 0) is 0 Å². The summed E-state index contributed by atoms with van der Waals surface area (Å²) in [6.45, 7) is 0.985. The molecule has 0 bridgehead atoms. The van der Waals surface area contributed by atoms with E-state index in [1.807, 2.05) is 30.6 Å². The number of amides is 1. The SMILES string of the molecule is COc1ccc2c(c1)N(C)C(CNC(=O)c1ccc(C#N)cc1)CN=C2c1ccsc1. The molecule has 0 fully saturated rings. The minimum Gasteiger partial charge on any atom is -0.497 e. The van der Waals surface area contributed by atoms with Gasteiger partial charge in [-0.05, 0) is 47.8 Å². The number of carbonyl (C=O) groups excluding carboxylic acids is 1. The van der Waals surface area contributed by atoms with Gasteiger partial charge in [0.05, 0.1) is 37.0 Å². The maximum Gasteiger partial charge on any atom is 0.251 e. The first kappa shape index (κ1) is 20.6. The Hall–Kier alpha value is -3.63. The topological polar surface area (TPSA) is 77.7 Å². The zero-order valence-electron chi connectivity index (χ0n) is 17.3. The van der Waals surface area contributed by atoms with E-state index in [2.05, 4.69) is 27.7 Å². The quantitative estimate of drug-likeness (QED) is 0.669. The largest absolute Gasteiger partial charge is 0.497 e. The van der Waals surface area contributed by atoms with Gasteiger partial charge in [-0.2, -0.15) is 16.6 Å². The highest BCUT2D eigenvalue weighted by molar-refractivity contribution is 7.08. The molecule has 1 N–H and O–H groups in total. The molecule has 1 aliphatic rings. The molecule has 0 radical (unpaired) electrons. The van der Waals surface area contributed by atoms with Crippen LogP contribution in [0.15, 0.2) is 64.3 Å². The summed E-state index contributed by atoms with van der Waals surface area (Å²) in [6, 6.07) is 16.7. The van der Waals surface area contributed by atoms with Crippen LogP contribution in [-0.4, -0.2) is 44.9 Å². The number of hydrogen-bond donors (Lipinski definition) is 1. The molecular weight excluding hydrogens is 408 g/mol. The number of carbonyl (C=O) groups is 1. The first-order chi connectivity index (χ1) is 15.1. The van der Waals surface area contributed by atoms with Crippen molar-refractivity contribution in [2.24, 2.45) is 4.99 Å². The Bertz CT molecular complexity index is 1150. The van der Waals surface area contributed by atoms with Gasteiger partial charge in [0.1, 0.15) is 5.75 Å². The first-order valence-electron chi connectivity index (χ1n) is 9.87. The molecule has 156 valence electrons. The minimum atomic E-state index is -0.171. The second-order valence-electron chi connectivity index (χ2n) is 7.25. The molecule has 4 rings (SSSR count). The molecule has 0 saturated carbocycles. The number of hydrogen-bond acceptors (Lipinski definition) is 6. The number of methoxy groups -OCH3 is 1. The van der Waals surface area contributed by atoms with Crippen LogP contribution in [0.4, 0.5) is 5.69 Å². The van der Waals surface area contributed by atoms with Gasteiger partial charge in [0.25, 0.3) is 5.91 Å².